The minimum atomic E-state index is -3.51. The first-order valence-corrected chi connectivity index (χ1v) is 10.8. The minimum Gasteiger partial charge on any atom is -0.370 e. The molecule has 3 atom stereocenters. The number of amides is 1. The van der Waals surface area contributed by atoms with Crippen LogP contribution in [0.4, 0.5) is 10.2 Å². The summed E-state index contributed by atoms with van der Waals surface area (Å²) >= 11 is 0. The molecule has 0 bridgehead atoms. The van der Waals surface area contributed by atoms with E-state index in [0.29, 0.717) is 18.9 Å². The smallest absolute Gasteiger partial charge is 0.244 e. The van der Waals surface area contributed by atoms with Gasteiger partial charge in [-0.15, -0.1) is 0 Å². The lowest BCUT2D eigenvalue weighted by atomic mass is 10.2. The number of likely N-dealkylation sites (tertiary alicyclic amines) is 1. The predicted molar refractivity (Wildman–Crippen MR) is 106 cm³/mol. The normalized spacial score (nSPS) is 20.5. The van der Waals surface area contributed by atoms with Crippen LogP contribution < -0.4 is 10.6 Å². The Morgan fingerprint density at radius 3 is 2.76 bits per heavy atom. The number of halogens is 1. The van der Waals surface area contributed by atoms with Crippen molar-refractivity contribution in [2.24, 2.45) is 5.92 Å². The van der Waals surface area contributed by atoms with Gasteiger partial charge in [0.25, 0.3) is 0 Å². The zero-order valence-corrected chi connectivity index (χ0v) is 17.6. The lowest BCUT2D eigenvalue weighted by Gasteiger charge is -2.20. The Balaban J connectivity index is 1.74. The van der Waals surface area contributed by atoms with E-state index in [4.69, 9.17) is 5.26 Å². The number of carbonyl (C=O) groups is 1. The molecule has 160 valence electrons. The van der Waals surface area contributed by atoms with E-state index in [9.17, 15) is 17.6 Å². The van der Waals surface area contributed by atoms with E-state index in [-0.39, 0.29) is 36.2 Å². The standard InChI is InChI=1S/C18H27FN6O3S/c1-13(8-21-11-18(26)25-12-14(19)6-15(25)7-20)9-22-17-5-4-16(10-23-17)29(27,28)24(2)3/h4-5,10,13-15,21H,6,8-9,11-12H2,1-3H3,(H,22,23)/t13-,14-,15-/m0/s1. The zero-order valence-electron chi connectivity index (χ0n) is 16.8. The highest BCUT2D eigenvalue weighted by Gasteiger charge is 2.34. The molecule has 1 aromatic rings. The molecule has 0 saturated carbocycles. The van der Waals surface area contributed by atoms with E-state index in [1.807, 2.05) is 13.0 Å². The first kappa shape index (κ1) is 23.0. The van der Waals surface area contributed by atoms with Crippen LogP contribution in [0, 0.1) is 17.2 Å². The second-order valence-corrected chi connectivity index (χ2v) is 9.46. The van der Waals surface area contributed by atoms with E-state index in [1.165, 1.54) is 31.3 Å². The molecule has 2 rings (SSSR count). The Hall–Kier alpha value is -2.29. The Morgan fingerprint density at radius 2 is 2.17 bits per heavy atom. The largest absolute Gasteiger partial charge is 0.370 e. The lowest BCUT2D eigenvalue weighted by Crippen LogP contribution is -2.42. The molecule has 0 unspecified atom stereocenters. The van der Waals surface area contributed by atoms with Gasteiger partial charge in [0.1, 0.15) is 22.9 Å². The Bertz CT molecular complexity index is 840. The number of nitrogens with zero attached hydrogens (tertiary/aromatic N) is 4. The molecule has 1 aliphatic rings. The van der Waals surface area contributed by atoms with Gasteiger partial charge in [-0.2, -0.15) is 5.26 Å². The molecule has 0 aliphatic carbocycles. The molecule has 0 spiro atoms. The van der Waals surface area contributed by atoms with Gasteiger partial charge in [0.15, 0.2) is 0 Å². The summed E-state index contributed by atoms with van der Waals surface area (Å²) in [5.74, 6) is 0.416. The van der Waals surface area contributed by atoms with E-state index in [0.717, 1.165) is 4.31 Å². The summed E-state index contributed by atoms with van der Waals surface area (Å²) in [6.07, 6.45) is 0.238. The zero-order chi connectivity index (χ0) is 21.6. The van der Waals surface area contributed by atoms with Gasteiger partial charge in [-0.3, -0.25) is 4.79 Å². The first-order valence-electron chi connectivity index (χ1n) is 9.31. The minimum absolute atomic E-state index is 0.0267. The Morgan fingerprint density at radius 1 is 1.45 bits per heavy atom. The van der Waals surface area contributed by atoms with Crippen molar-refractivity contribution < 1.29 is 17.6 Å². The highest BCUT2D eigenvalue weighted by Crippen LogP contribution is 2.19. The van der Waals surface area contributed by atoms with Gasteiger partial charge in [-0.05, 0) is 24.6 Å². The maximum absolute atomic E-state index is 13.4. The number of hydrogen-bond donors (Lipinski definition) is 2. The SMILES string of the molecule is C[C@@H](CNCC(=O)N1C[C@@H](F)C[C@H]1C#N)CNc1ccc(S(=O)(=O)N(C)C)cn1. The van der Waals surface area contributed by atoms with Crippen molar-refractivity contribution >= 4 is 21.7 Å². The van der Waals surface area contributed by atoms with Crippen LogP contribution in [-0.2, 0) is 14.8 Å². The number of carbonyl (C=O) groups excluding carboxylic acids is 1. The van der Waals surface area contributed by atoms with Crippen molar-refractivity contribution in [2.75, 3.05) is 45.6 Å². The van der Waals surface area contributed by atoms with Gasteiger partial charge in [-0.1, -0.05) is 6.92 Å². The average Bonchev–Trinajstić information content (AvgIpc) is 3.07. The van der Waals surface area contributed by atoms with Gasteiger partial charge < -0.3 is 15.5 Å². The van der Waals surface area contributed by atoms with Crippen LogP contribution in [0.25, 0.3) is 0 Å². The van der Waals surface area contributed by atoms with E-state index >= 15 is 0 Å². The number of nitrogens with one attached hydrogen (secondary N) is 2. The Kier molecular flexibility index (Phi) is 7.89. The predicted octanol–water partition coefficient (Wildman–Crippen LogP) is 0.432. The maximum Gasteiger partial charge on any atom is 0.244 e. The molecule has 2 N–H and O–H groups in total. The summed E-state index contributed by atoms with van der Waals surface area (Å²) in [5.41, 5.74) is 0. The number of alkyl halides is 1. The molecule has 29 heavy (non-hydrogen) atoms. The van der Waals surface area contributed by atoms with Gasteiger partial charge >= 0.3 is 0 Å². The molecule has 1 saturated heterocycles. The third-order valence-electron chi connectivity index (χ3n) is 4.63. The highest BCUT2D eigenvalue weighted by atomic mass is 32.2. The summed E-state index contributed by atoms with van der Waals surface area (Å²) in [6.45, 7) is 3.09. The summed E-state index contributed by atoms with van der Waals surface area (Å²) in [5, 5.41) is 15.2. The molecule has 2 heterocycles. The topological polar surface area (TPSA) is 118 Å². The fourth-order valence-electron chi connectivity index (χ4n) is 2.91. The molecule has 11 heteroatoms. The molecule has 1 amide bonds. The fraction of sp³-hybridized carbons (Fsp3) is 0.611. The number of aromatic nitrogens is 1. The van der Waals surface area contributed by atoms with Crippen LogP contribution in [0.1, 0.15) is 13.3 Å². The second-order valence-electron chi connectivity index (χ2n) is 7.31. The van der Waals surface area contributed by atoms with Crippen molar-refractivity contribution in [1.29, 1.82) is 5.26 Å². The van der Waals surface area contributed by atoms with E-state index in [2.05, 4.69) is 15.6 Å². The first-order chi connectivity index (χ1) is 13.6. The summed E-state index contributed by atoms with van der Waals surface area (Å²) in [7, 11) is -0.589. The van der Waals surface area contributed by atoms with Crippen molar-refractivity contribution in [3.05, 3.63) is 18.3 Å². The van der Waals surface area contributed by atoms with E-state index in [1.54, 1.807) is 6.07 Å². The lowest BCUT2D eigenvalue weighted by molar-refractivity contribution is -0.130. The number of nitriles is 1. The molecular formula is C18H27FN6O3S. The number of sulfonamides is 1. The summed E-state index contributed by atoms with van der Waals surface area (Å²) < 4.78 is 38.6. The third kappa shape index (κ3) is 6.09. The van der Waals surface area contributed by atoms with Crippen molar-refractivity contribution in [2.45, 2.75) is 30.5 Å². The number of anilines is 1. The molecule has 0 aromatic carbocycles. The summed E-state index contributed by atoms with van der Waals surface area (Å²) in [4.78, 5) is 17.7. The molecular weight excluding hydrogens is 399 g/mol. The summed E-state index contributed by atoms with van der Waals surface area (Å²) in [6, 6.07) is 4.36. The van der Waals surface area contributed by atoms with Gasteiger partial charge in [-0.25, -0.2) is 22.1 Å². The Labute approximate surface area is 170 Å². The van der Waals surface area contributed by atoms with Crippen LogP contribution in [-0.4, -0.2) is 81.0 Å². The third-order valence-corrected chi connectivity index (χ3v) is 6.43. The van der Waals surface area contributed by atoms with Gasteiger partial charge in [0, 0.05) is 33.3 Å². The van der Waals surface area contributed by atoms with E-state index < -0.39 is 22.2 Å². The quantitative estimate of drug-likeness (QED) is 0.588. The highest BCUT2D eigenvalue weighted by molar-refractivity contribution is 7.89. The van der Waals surface area contributed by atoms with Crippen LogP contribution in [0.3, 0.4) is 0 Å². The molecule has 0 radical (unpaired) electrons. The maximum atomic E-state index is 13.4. The van der Waals surface area contributed by atoms with Crippen molar-refractivity contribution in [1.82, 2.24) is 19.5 Å². The van der Waals surface area contributed by atoms with Gasteiger partial charge in [0.2, 0.25) is 15.9 Å². The molecule has 1 aliphatic heterocycles. The molecule has 1 fully saturated rings. The van der Waals surface area contributed by atoms with Crippen LogP contribution >= 0.6 is 0 Å². The van der Waals surface area contributed by atoms with Crippen LogP contribution in [0.5, 0.6) is 0 Å². The van der Waals surface area contributed by atoms with Crippen molar-refractivity contribution in [3.8, 4) is 6.07 Å². The van der Waals surface area contributed by atoms with Gasteiger partial charge in [0.05, 0.1) is 19.2 Å². The second kappa shape index (κ2) is 9.96. The van der Waals surface area contributed by atoms with Crippen LogP contribution in [0.2, 0.25) is 0 Å². The fourth-order valence-corrected chi connectivity index (χ4v) is 3.76. The van der Waals surface area contributed by atoms with Crippen molar-refractivity contribution in [3.63, 3.8) is 0 Å². The molecule has 9 nitrogen and oxygen atoms in total. The number of rotatable bonds is 9. The number of pyridine rings is 1. The molecule has 1 aromatic heterocycles. The monoisotopic (exact) mass is 426 g/mol. The average molecular weight is 427 g/mol. The van der Waals surface area contributed by atoms with Crippen LogP contribution in [0.15, 0.2) is 23.2 Å². The number of hydrogen-bond acceptors (Lipinski definition) is 7.